The zero-order valence-corrected chi connectivity index (χ0v) is 13.6. The Morgan fingerprint density at radius 3 is 2.62 bits per heavy atom. The summed E-state index contributed by atoms with van der Waals surface area (Å²) in [5.41, 5.74) is 4.30. The third-order valence-corrected chi connectivity index (χ3v) is 4.95. The van der Waals surface area contributed by atoms with Gasteiger partial charge in [-0.05, 0) is 29.8 Å². The van der Waals surface area contributed by atoms with Crippen molar-refractivity contribution >= 4 is 5.69 Å². The second-order valence-corrected chi connectivity index (χ2v) is 6.39. The van der Waals surface area contributed by atoms with Crippen LogP contribution in [0.4, 0.5) is 5.69 Å². The van der Waals surface area contributed by atoms with Crippen molar-refractivity contribution < 1.29 is 0 Å². The highest BCUT2D eigenvalue weighted by Gasteiger charge is 2.28. The van der Waals surface area contributed by atoms with E-state index in [2.05, 4.69) is 59.2 Å². The number of hydrogen-bond acceptors (Lipinski definition) is 4. The Kier molecular flexibility index (Phi) is 4.48. The lowest BCUT2D eigenvalue weighted by Crippen LogP contribution is -2.50. The lowest BCUT2D eigenvalue weighted by atomic mass is 9.94. The van der Waals surface area contributed by atoms with Crippen LogP contribution in [0.1, 0.15) is 24.1 Å². The first kappa shape index (κ1) is 14.8. The summed E-state index contributed by atoms with van der Waals surface area (Å²) in [4.78, 5) is 7.39. The first-order valence-electron chi connectivity index (χ1n) is 8.16. The van der Waals surface area contributed by atoms with Crippen molar-refractivity contribution in [3.63, 3.8) is 0 Å². The maximum Gasteiger partial charge on any atom is 0.0477 e. The molecule has 0 radical (unpaired) electrons. The molecule has 1 saturated heterocycles. The largest absolute Gasteiger partial charge is 0.378 e. The Labute approximate surface area is 128 Å². The van der Waals surface area contributed by atoms with E-state index < -0.39 is 0 Å². The molecule has 0 saturated carbocycles. The van der Waals surface area contributed by atoms with Crippen LogP contribution >= 0.6 is 0 Å². The molecule has 0 aromatic heterocycles. The smallest absolute Gasteiger partial charge is 0.0477 e. The molecule has 1 N–H and O–H groups in total. The van der Waals surface area contributed by atoms with Crippen LogP contribution in [-0.4, -0.2) is 63.2 Å². The van der Waals surface area contributed by atoms with Crippen LogP contribution in [0.2, 0.25) is 0 Å². The predicted octanol–water partition coefficient (Wildman–Crippen LogP) is 1.53. The Morgan fingerprint density at radius 1 is 1.19 bits per heavy atom. The molecule has 3 rings (SSSR count). The highest BCUT2D eigenvalue weighted by Crippen LogP contribution is 2.30. The lowest BCUT2D eigenvalue weighted by molar-refractivity contribution is 0.0949. The van der Waals surface area contributed by atoms with E-state index in [1.807, 2.05) is 0 Å². The molecule has 0 amide bonds. The van der Waals surface area contributed by atoms with Crippen LogP contribution < -0.4 is 10.2 Å². The molecule has 1 aromatic carbocycles. The van der Waals surface area contributed by atoms with Gasteiger partial charge in [0.15, 0.2) is 0 Å². The lowest BCUT2D eigenvalue weighted by Gasteiger charge is -2.41. The fourth-order valence-corrected chi connectivity index (χ4v) is 3.52. The normalized spacial score (nSPS) is 23.9. The van der Waals surface area contributed by atoms with E-state index in [-0.39, 0.29) is 0 Å². The zero-order chi connectivity index (χ0) is 14.8. The predicted molar refractivity (Wildman–Crippen MR) is 88.9 cm³/mol. The average Bonchev–Trinajstić information content (AvgIpc) is 2.54. The average molecular weight is 288 g/mol. The van der Waals surface area contributed by atoms with Crippen molar-refractivity contribution in [3.8, 4) is 0 Å². The van der Waals surface area contributed by atoms with Crippen LogP contribution in [0.25, 0.3) is 0 Å². The van der Waals surface area contributed by atoms with E-state index in [0.29, 0.717) is 6.04 Å². The Balaban J connectivity index is 1.78. The van der Waals surface area contributed by atoms with Gasteiger partial charge in [-0.2, -0.15) is 0 Å². The van der Waals surface area contributed by atoms with Gasteiger partial charge in [-0.15, -0.1) is 0 Å². The van der Waals surface area contributed by atoms with E-state index in [0.717, 1.165) is 13.1 Å². The first-order chi connectivity index (χ1) is 10.2. The third kappa shape index (κ3) is 3.07. The van der Waals surface area contributed by atoms with E-state index in [9.17, 15) is 0 Å². The summed E-state index contributed by atoms with van der Waals surface area (Å²) < 4.78 is 0. The molecule has 4 heteroatoms. The molecule has 1 fully saturated rings. The summed E-state index contributed by atoms with van der Waals surface area (Å²) >= 11 is 0. The maximum atomic E-state index is 3.61. The molecule has 0 unspecified atom stereocenters. The molecule has 2 heterocycles. The molecule has 21 heavy (non-hydrogen) atoms. The van der Waals surface area contributed by atoms with E-state index >= 15 is 0 Å². The van der Waals surface area contributed by atoms with Crippen LogP contribution in [0.15, 0.2) is 18.2 Å². The molecule has 0 aliphatic carbocycles. The van der Waals surface area contributed by atoms with Crippen LogP contribution in [0, 0.1) is 0 Å². The van der Waals surface area contributed by atoms with Gasteiger partial charge in [0.25, 0.3) is 0 Å². The van der Waals surface area contributed by atoms with E-state index in [1.54, 1.807) is 0 Å². The number of nitrogens with zero attached hydrogens (tertiary/aromatic N) is 3. The van der Waals surface area contributed by atoms with Crippen LogP contribution in [-0.2, 0) is 6.54 Å². The molecular formula is C17H28N4. The number of rotatable bonds is 3. The van der Waals surface area contributed by atoms with Gasteiger partial charge in [-0.3, -0.25) is 4.90 Å². The minimum absolute atomic E-state index is 0.545. The molecule has 4 nitrogen and oxygen atoms in total. The van der Waals surface area contributed by atoms with E-state index in [1.165, 1.54) is 49.5 Å². The van der Waals surface area contributed by atoms with Crippen molar-refractivity contribution in [3.05, 3.63) is 29.3 Å². The second kappa shape index (κ2) is 6.34. The van der Waals surface area contributed by atoms with Gasteiger partial charge in [0, 0.05) is 65.1 Å². The fourth-order valence-electron chi connectivity index (χ4n) is 3.52. The summed E-state index contributed by atoms with van der Waals surface area (Å²) in [5.74, 6) is 0. The van der Waals surface area contributed by atoms with Gasteiger partial charge >= 0.3 is 0 Å². The minimum Gasteiger partial charge on any atom is -0.378 e. The molecule has 0 spiro atoms. The quantitative estimate of drug-likeness (QED) is 0.910. The number of nitrogens with one attached hydrogen (secondary N) is 1. The number of fused-ring (bicyclic) bond motifs is 1. The number of benzene rings is 1. The molecule has 1 aromatic rings. The van der Waals surface area contributed by atoms with Gasteiger partial charge in [0.2, 0.25) is 0 Å². The summed E-state index contributed by atoms with van der Waals surface area (Å²) in [6, 6.07) is 7.50. The number of likely N-dealkylation sites (N-methyl/N-ethyl adjacent to an activating group) is 1. The molecule has 1 atom stereocenters. The van der Waals surface area contributed by atoms with Gasteiger partial charge < -0.3 is 15.1 Å². The molecule has 116 valence electrons. The Morgan fingerprint density at radius 2 is 1.95 bits per heavy atom. The van der Waals surface area contributed by atoms with E-state index in [4.69, 9.17) is 0 Å². The van der Waals surface area contributed by atoms with Crippen molar-refractivity contribution in [2.45, 2.75) is 19.5 Å². The summed E-state index contributed by atoms with van der Waals surface area (Å²) in [6.45, 7) is 10.3. The number of anilines is 1. The molecule has 0 bridgehead atoms. The topological polar surface area (TPSA) is 21.8 Å². The zero-order valence-electron chi connectivity index (χ0n) is 13.6. The number of piperazine rings is 1. The van der Waals surface area contributed by atoms with Gasteiger partial charge in [0.1, 0.15) is 0 Å². The highest BCUT2D eigenvalue weighted by atomic mass is 15.3. The molecule has 2 aliphatic heterocycles. The SMILES string of the molecule is CCN1CCN([C@@H]2CNCc3cc(N(C)C)ccc32)CC1. The van der Waals surface area contributed by atoms with Crippen molar-refractivity contribution in [1.82, 2.24) is 15.1 Å². The van der Waals surface area contributed by atoms with Crippen LogP contribution in [0.5, 0.6) is 0 Å². The number of hydrogen-bond donors (Lipinski definition) is 1. The summed E-state index contributed by atoms with van der Waals surface area (Å²) in [5, 5.41) is 3.61. The van der Waals surface area contributed by atoms with Crippen LogP contribution in [0.3, 0.4) is 0 Å². The van der Waals surface area contributed by atoms with Gasteiger partial charge in [-0.25, -0.2) is 0 Å². The minimum atomic E-state index is 0.545. The monoisotopic (exact) mass is 288 g/mol. The Hall–Kier alpha value is -1.10. The van der Waals surface area contributed by atoms with Crippen molar-refractivity contribution in [1.29, 1.82) is 0 Å². The highest BCUT2D eigenvalue weighted by molar-refractivity contribution is 5.51. The van der Waals surface area contributed by atoms with Gasteiger partial charge in [-0.1, -0.05) is 13.0 Å². The maximum absolute atomic E-state index is 3.61. The van der Waals surface area contributed by atoms with Gasteiger partial charge in [0.05, 0.1) is 0 Å². The third-order valence-electron chi connectivity index (χ3n) is 4.95. The Bertz CT molecular complexity index is 478. The summed E-state index contributed by atoms with van der Waals surface area (Å²) in [6.07, 6.45) is 0. The van der Waals surface area contributed by atoms with Crippen molar-refractivity contribution in [2.24, 2.45) is 0 Å². The first-order valence-corrected chi connectivity index (χ1v) is 8.16. The standard InChI is InChI=1S/C17H28N4/c1-4-20-7-9-21(10-8-20)17-13-18-12-14-11-15(19(2)3)5-6-16(14)17/h5-6,11,17-18H,4,7-10,12-13H2,1-3H3/t17-/m1/s1. The van der Waals surface area contributed by atoms with Crippen molar-refractivity contribution in [2.75, 3.05) is 58.3 Å². The fraction of sp³-hybridized carbons (Fsp3) is 0.647. The molecular weight excluding hydrogens is 260 g/mol. The summed E-state index contributed by atoms with van der Waals surface area (Å²) in [7, 11) is 4.22. The molecule has 2 aliphatic rings. The second-order valence-electron chi connectivity index (χ2n) is 6.39.